The number of ether oxygens (including phenoxy) is 1. The zero-order chi connectivity index (χ0) is 24.6. The van der Waals surface area contributed by atoms with Crippen molar-refractivity contribution in [3.05, 3.63) is 89.4 Å². The molecular weight excluding hydrogens is 449 g/mol. The third kappa shape index (κ3) is 6.76. The van der Waals surface area contributed by atoms with Crippen molar-refractivity contribution >= 4 is 11.9 Å². The van der Waals surface area contributed by atoms with Crippen LogP contribution >= 0.6 is 0 Å². The van der Waals surface area contributed by atoms with Gasteiger partial charge >= 0.3 is 5.97 Å². The van der Waals surface area contributed by atoms with Crippen LogP contribution in [0.1, 0.15) is 47.3 Å². The number of carbonyl (C=O) groups is 2. The number of likely N-dealkylation sites (tertiary alicyclic amines) is 1. The van der Waals surface area contributed by atoms with Gasteiger partial charge in [-0.05, 0) is 43.0 Å². The predicted molar refractivity (Wildman–Crippen MR) is 128 cm³/mol. The number of piperidine rings is 1. The van der Waals surface area contributed by atoms with Crippen LogP contribution in [0.25, 0.3) is 0 Å². The monoisotopic (exact) mass is 479 g/mol. The number of carbonyl (C=O) groups excluding carboxylic acids is 2. The Morgan fingerprint density at radius 3 is 2.34 bits per heavy atom. The van der Waals surface area contributed by atoms with Crippen molar-refractivity contribution < 1.29 is 23.1 Å². The Morgan fingerprint density at radius 1 is 1.03 bits per heavy atom. The molecule has 1 amide bonds. The number of halogens is 1. The van der Waals surface area contributed by atoms with E-state index in [0.717, 1.165) is 11.1 Å². The molecule has 7 nitrogen and oxygen atoms in total. The summed E-state index contributed by atoms with van der Waals surface area (Å²) in [5, 5.41) is 0. The molecule has 0 aliphatic carbocycles. The first-order valence-corrected chi connectivity index (χ1v) is 11.9. The van der Waals surface area contributed by atoms with Crippen LogP contribution in [0.2, 0.25) is 0 Å². The normalized spacial score (nSPS) is 14.3. The van der Waals surface area contributed by atoms with E-state index in [1.807, 2.05) is 30.3 Å². The zero-order valence-corrected chi connectivity index (χ0v) is 19.9. The SMILES string of the molecule is CCOC(=O)C1CCN(C(=O)c2coc(CN(Cc3ccccc3)Cc3ccc(F)cc3)n2)CC1. The van der Waals surface area contributed by atoms with Gasteiger partial charge in [-0.1, -0.05) is 42.5 Å². The van der Waals surface area contributed by atoms with E-state index in [2.05, 4.69) is 9.88 Å². The maximum Gasteiger partial charge on any atom is 0.309 e. The standard InChI is InChI=1S/C27H30FN3O4/c1-2-34-27(33)22-12-14-31(15-13-22)26(32)24-19-35-25(29-24)18-30(16-20-6-4-3-5-7-20)17-21-8-10-23(28)11-9-21/h3-11,19,22H,2,12-18H2,1H3. The number of rotatable bonds is 9. The number of amides is 1. The third-order valence-electron chi connectivity index (χ3n) is 6.10. The van der Waals surface area contributed by atoms with Crippen LogP contribution in [0.5, 0.6) is 0 Å². The summed E-state index contributed by atoms with van der Waals surface area (Å²) in [6.45, 7) is 4.73. The van der Waals surface area contributed by atoms with Crippen LogP contribution in [-0.2, 0) is 29.2 Å². The molecule has 0 radical (unpaired) electrons. The van der Waals surface area contributed by atoms with Gasteiger partial charge in [-0.2, -0.15) is 0 Å². The number of aromatic nitrogens is 1. The number of hydrogen-bond donors (Lipinski definition) is 0. The van der Waals surface area contributed by atoms with Crippen LogP contribution in [0.3, 0.4) is 0 Å². The van der Waals surface area contributed by atoms with Crippen LogP contribution in [0.15, 0.2) is 65.3 Å². The van der Waals surface area contributed by atoms with Crippen LogP contribution in [0, 0.1) is 11.7 Å². The number of hydrogen-bond acceptors (Lipinski definition) is 6. The van der Waals surface area contributed by atoms with Crippen LogP contribution in [-0.4, -0.2) is 46.4 Å². The number of benzene rings is 2. The molecule has 0 N–H and O–H groups in total. The summed E-state index contributed by atoms with van der Waals surface area (Å²) in [6.07, 6.45) is 2.56. The minimum Gasteiger partial charge on any atom is -0.466 e. The van der Waals surface area contributed by atoms with Gasteiger partial charge in [0.25, 0.3) is 5.91 Å². The molecule has 0 saturated carbocycles. The van der Waals surface area contributed by atoms with Crippen LogP contribution < -0.4 is 0 Å². The summed E-state index contributed by atoms with van der Waals surface area (Å²) in [5.41, 5.74) is 2.35. The number of oxazole rings is 1. The predicted octanol–water partition coefficient (Wildman–Crippen LogP) is 4.43. The van der Waals surface area contributed by atoms with Crippen LogP contribution in [0.4, 0.5) is 4.39 Å². The molecule has 1 aliphatic heterocycles. The van der Waals surface area contributed by atoms with Gasteiger partial charge in [0.05, 0.1) is 19.1 Å². The van der Waals surface area contributed by atoms with Crippen molar-refractivity contribution in [2.24, 2.45) is 5.92 Å². The first kappa shape index (κ1) is 24.6. The minimum atomic E-state index is -0.273. The lowest BCUT2D eigenvalue weighted by Crippen LogP contribution is -2.40. The molecule has 3 aromatic rings. The Kier molecular flexibility index (Phi) is 8.26. The van der Waals surface area contributed by atoms with Crippen molar-refractivity contribution in [3.63, 3.8) is 0 Å². The number of nitrogens with zero attached hydrogens (tertiary/aromatic N) is 3. The molecule has 1 aliphatic rings. The fraction of sp³-hybridized carbons (Fsp3) is 0.370. The summed E-state index contributed by atoms with van der Waals surface area (Å²) in [5.74, 6) is -0.387. The summed E-state index contributed by atoms with van der Waals surface area (Å²) in [4.78, 5) is 33.2. The maximum absolute atomic E-state index is 13.3. The van der Waals surface area contributed by atoms with Crippen molar-refractivity contribution in [2.75, 3.05) is 19.7 Å². The first-order valence-electron chi connectivity index (χ1n) is 11.9. The zero-order valence-electron chi connectivity index (χ0n) is 19.9. The highest BCUT2D eigenvalue weighted by Gasteiger charge is 2.30. The fourth-order valence-corrected chi connectivity index (χ4v) is 4.27. The van der Waals surface area contributed by atoms with Gasteiger partial charge in [-0.3, -0.25) is 14.5 Å². The average molecular weight is 480 g/mol. The molecule has 0 atom stereocenters. The molecule has 2 aromatic carbocycles. The van der Waals surface area contributed by atoms with E-state index in [9.17, 15) is 14.0 Å². The van der Waals surface area contributed by atoms with E-state index in [1.165, 1.54) is 18.4 Å². The summed E-state index contributed by atoms with van der Waals surface area (Å²) in [7, 11) is 0. The Morgan fingerprint density at radius 2 is 1.69 bits per heavy atom. The summed E-state index contributed by atoms with van der Waals surface area (Å²) < 4.78 is 24.1. The van der Waals surface area contributed by atoms with Gasteiger partial charge in [-0.15, -0.1) is 0 Å². The van der Waals surface area contributed by atoms with Gasteiger partial charge < -0.3 is 14.1 Å². The second-order valence-electron chi connectivity index (χ2n) is 8.70. The topological polar surface area (TPSA) is 75.9 Å². The van der Waals surface area contributed by atoms with E-state index in [1.54, 1.807) is 24.0 Å². The van der Waals surface area contributed by atoms with Gasteiger partial charge in [0, 0.05) is 26.2 Å². The first-order chi connectivity index (χ1) is 17.0. The lowest BCUT2D eigenvalue weighted by molar-refractivity contribution is -0.149. The van der Waals surface area contributed by atoms with E-state index in [-0.39, 0.29) is 29.3 Å². The molecule has 8 heteroatoms. The second kappa shape index (κ2) is 11.8. The van der Waals surface area contributed by atoms with Crippen molar-refractivity contribution in [2.45, 2.75) is 39.4 Å². The van der Waals surface area contributed by atoms with Crippen molar-refractivity contribution in [3.8, 4) is 0 Å². The molecule has 1 aromatic heterocycles. The van der Waals surface area contributed by atoms with E-state index < -0.39 is 0 Å². The minimum absolute atomic E-state index is 0.162. The highest BCUT2D eigenvalue weighted by molar-refractivity contribution is 5.92. The van der Waals surface area contributed by atoms with Gasteiger partial charge in [0.2, 0.25) is 5.89 Å². The quantitative estimate of drug-likeness (QED) is 0.423. The number of esters is 1. The van der Waals surface area contributed by atoms with Gasteiger partial charge in [-0.25, -0.2) is 9.37 Å². The van der Waals surface area contributed by atoms with Gasteiger partial charge in [0.1, 0.15) is 12.1 Å². The van der Waals surface area contributed by atoms with E-state index >= 15 is 0 Å². The Labute approximate surface area is 204 Å². The maximum atomic E-state index is 13.3. The molecule has 0 spiro atoms. The second-order valence-corrected chi connectivity index (χ2v) is 8.70. The molecule has 2 heterocycles. The van der Waals surface area contributed by atoms with Gasteiger partial charge in [0.15, 0.2) is 5.69 Å². The Balaban J connectivity index is 1.40. The van der Waals surface area contributed by atoms with E-state index in [4.69, 9.17) is 9.15 Å². The Bertz CT molecular complexity index is 1110. The highest BCUT2D eigenvalue weighted by Crippen LogP contribution is 2.21. The summed E-state index contributed by atoms with van der Waals surface area (Å²) >= 11 is 0. The fourth-order valence-electron chi connectivity index (χ4n) is 4.27. The van der Waals surface area contributed by atoms with Crippen molar-refractivity contribution in [1.29, 1.82) is 0 Å². The highest BCUT2D eigenvalue weighted by atomic mass is 19.1. The Hall–Kier alpha value is -3.52. The molecule has 0 unspecified atom stereocenters. The van der Waals surface area contributed by atoms with Crippen molar-refractivity contribution in [1.82, 2.24) is 14.8 Å². The summed E-state index contributed by atoms with van der Waals surface area (Å²) in [6, 6.07) is 16.4. The van der Waals surface area contributed by atoms with E-state index in [0.29, 0.717) is 58.1 Å². The molecule has 4 rings (SSSR count). The average Bonchev–Trinajstić information content (AvgIpc) is 3.34. The molecule has 184 valence electrons. The molecule has 0 bridgehead atoms. The lowest BCUT2D eigenvalue weighted by atomic mass is 9.97. The third-order valence-corrected chi connectivity index (χ3v) is 6.10. The molecule has 35 heavy (non-hydrogen) atoms. The molecule has 1 saturated heterocycles. The lowest BCUT2D eigenvalue weighted by Gasteiger charge is -2.30. The molecule has 1 fully saturated rings. The smallest absolute Gasteiger partial charge is 0.309 e. The molecular formula is C27H30FN3O4. The largest absolute Gasteiger partial charge is 0.466 e.